The van der Waals surface area contributed by atoms with Crippen molar-refractivity contribution in [2.24, 2.45) is 5.92 Å². The third kappa shape index (κ3) is 9.98. The van der Waals surface area contributed by atoms with Crippen LogP contribution in [0.1, 0.15) is 73.7 Å². The molecule has 270 valence electrons. The molecule has 0 aliphatic heterocycles. The van der Waals surface area contributed by atoms with E-state index in [9.17, 15) is 34.8 Å². The highest BCUT2D eigenvalue weighted by atomic mass is 32.2. The molecule has 1 N–H and O–H groups in total. The van der Waals surface area contributed by atoms with Crippen LogP contribution < -0.4 is 15.0 Å². The van der Waals surface area contributed by atoms with Crippen molar-refractivity contribution in [3.8, 4) is 5.75 Å². The summed E-state index contributed by atoms with van der Waals surface area (Å²) in [6, 6.07) is 9.73. The second-order valence-corrected chi connectivity index (χ2v) is 15.0. The van der Waals surface area contributed by atoms with Crippen LogP contribution in [-0.4, -0.2) is 48.5 Å². The first kappa shape index (κ1) is 37.1. The lowest BCUT2D eigenvalue weighted by molar-refractivity contribution is -0.143. The number of alkyl halides is 6. The highest BCUT2D eigenvalue weighted by molar-refractivity contribution is 7.90. The SMILES string of the molecule is CC(c1cc(C(F)(F)F)cc(C(F)(F)F)c1)N(Cc1cc2ccccc2nc1NCCCC1CCCC1)c1ncc(OCCS(C)(=O)=O)cn1. The molecule has 0 radical (unpaired) electrons. The highest BCUT2D eigenvalue weighted by Crippen LogP contribution is 2.39. The Kier molecular flexibility index (Phi) is 11.4. The molecule has 2 aromatic carbocycles. The fraction of sp³-hybridized carbons (Fsp3) is 0.457. The van der Waals surface area contributed by atoms with Gasteiger partial charge in [-0.15, -0.1) is 0 Å². The first-order valence-corrected chi connectivity index (χ1v) is 18.4. The number of para-hydroxylation sites is 1. The number of hydrogen-bond acceptors (Lipinski definition) is 8. The molecule has 15 heteroatoms. The second-order valence-electron chi connectivity index (χ2n) is 12.7. The van der Waals surface area contributed by atoms with E-state index in [0.29, 0.717) is 41.5 Å². The van der Waals surface area contributed by atoms with E-state index in [2.05, 4.69) is 15.3 Å². The zero-order chi connectivity index (χ0) is 36.1. The number of fused-ring (bicyclic) bond motifs is 1. The van der Waals surface area contributed by atoms with Gasteiger partial charge in [0.25, 0.3) is 0 Å². The number of sulfone groups is 1. The number of nitrogens with one attached hydrogen (secondary N) is 1. The summed E-state index contributed by atoms with van der Waals surface area (Å²) >= 11 is 0. The molecule has 1 unspecified atom stereocenters. The maximum absolute atomic E-state index is 13.9. The van der Waals surface area contributed by atoms with Crippen molar-refractivity contribution in [1.29, 1.82) is 0 Å². The van der Waals surface area contributed by atoms with E-state index in [1.165, 1.54) is 49.9 Å². The predicted molar refractivity (Wildman–Crippen MR) is 180 cm³/mol. The van der Waals surface area contributed by atoms with E-state index < -0.39 is 39.4 Å². The molecule has 0 amide bonds. The molecular formula is C35H39F6N5O3S. The maximum atomic E-state index is 13.9. The van der Waals surface area contributed by atoms with Crippen molar-refractivity contribution in [1.82, 2.24) is 15.0 Å². The molecular weight excluding hydrogens is 684 g/mol. The fourth-order valence-corrected chi connectivity index (χ4v) is 6.52. The molecule has 4 aromatic rings. The number of aromatic nitrogens is 3. The van der Waals surface area contributed by atoms with Crippen LogP contribution in [0.2, 0.25) is 0 Å². The summed E-state index contributed by atoms with van der Waals surface area (Å²) in [4.78, 5) is 15.0. The third-order valence-corrected chi connectivity index (χ3v) is 9.76. The van der Waals surface area contributed by atoms with Gasteiger partial charge in [-0.2, -0.15) is 26.3 Å². The van der Waals surface area contributed by atoms with Crippen molar-refractivity contribution in [2.75, 3.05) is 35.4 Å². The third-order valence-electron chi connectivity index (χ3n) is 8.85. The zero-order valence-corrected chi connectivity index (χ0v) is 28.5. The smallest absolute Gasteiger partial charge is 0.416 e. The van der Waals surface area contributed by atoms with Crippen LogP contribution in [0.15, 0.2) is 60.9 Å². The summed E-state index contributed by atoms with van der Waals surface area (Å²) in [7, 11) is -3.30. The van der Waals surface area contributed by atoms with Gasteiger partial charge >= 0.3 is 12.4 Å². The maximum Gasteiger partial charge on any atom is 0.416 e. The molecule has 1 fully saturated rings. The Hall–Kier alpha value is -4.14. The summed E-state index contributed by atoms with van der Waals surface area (Å²) in [6.07, 6.45) is 0.474. The quantitative estimate of drug-likeness (QED) is 0.102. The normalized spacial score (nSPS) is 15.0. The van der Waals surface area contributed by atoms with Crippen molar-refractivity contribution >= 4 is 32.5 Å². The molecule has 50 heavy (non-hydrogen) atoms. The lowest BCUT2D eigenvalue weighted by atomic mass is 9.99. The van der Waals surface area contributed by atoms with Crippen LogP contribution in [0.5, 0.6) is 5.75 Å². The molecule has 8 nitrogen and oxygen atoms in total. The van der Waals surface area contributed by atoms with Gasteiger partial charge in [0.1, 0.15) is 12.4 Å². The summed E-state index contributed by atoms with van der Waals surface area (Å²) in [5.41, 5.74) is -1.75. The van der Waals surface area contributed by atoms with Gasteiger partial charge in [0.2, 0.25) is 5.95 Å². The van der Waals surface area contributed by atoms with Gasteiger partial charge in [-0.25, -0.2) is 23.4 Å². The molecule has 5 rings (SSSR count). The van der Waals surface area contributed by atoms with E-state index in [1.807, 2.05) is 30.3 Å². The first-order chi connectivity index (χ1) is 23.6. The molecule has 0 spiro atoms. The van der Waals surface area contributed by atoms with E-state index in [1.54, 1.807) is 0 Å². The molecule has 0 bridgehead atoms. The summed E-state index contributed by atoms with van der Waals surface area (Å²) in [6.45, 7) is 1.92. The minimum atomic E-state index is -5.03. The van der Waals surface area contributed by atoms with Crippen molar-refractivity contribution in [3.05, 3.63) is 83.2 Å². The van der Waals surface area contributed by atoms with Gasteiger partial charge < -0.3 is 15.0 Å². The lowest BCUT2D eigenvalue weighted by Crippen LogP contribution is -2.29. The lowest BCUT2D eigenvalue weighted by Gasteiger charge is -2.31. The number of hydrogen-bond donors (Lipinski definition) is 1. The molecule has 1 saturated carbocycles. The second kappa shape index (κ2) is 15.4. The van der Waals surface area contributed by atoms with Gasteiger partial charge in [0.15, 0.2) is 15.6 Å². The molecule has 2 aromatic heterocycles. The molecule has 2 heterocycles. The Labute approximate surface area is 287 Å². The Morgan fingerprint density at radius 3 is 2.22 bits per heavy atom. The topological polar surface area (TPSA) is 97.3 Å². The number of ether oxygens (including phenoxy) is 1. The molecule has 1 aliphatic carbocycles. The largest absolute Gasteiger partial charge is 0.489 e. The monoisotopic (exact) mass is 723 g/mol. The molecule has 1 atom stereocenters. The zero-order valence-electron chi connectivity index (χ0n) is 27.7. The first-order valence-electron chi connectivity index (χ1n) is 16.4. The number of anilines is 2. The highest BCUT2D eigenvalue weighted by Gasteiger charge is 2.38. The van der Waals surface area contributed by atoms with Gasteiger partial charge in [-0.1, -0.05) is 43.9 Å². The summed E-state index contributed by atoms with van der Waals surface area (Å²) in [5.74, 6) is 1.12. The Balaban J connectivity index is 1.52. The van der Waals surface area contributed by atoms with Crippen LogP contribution in [0, 0.1) is 5.92 Å². The number of benzene rings is 2. The van der Waals surface area contributed by atoms with Crippen LogP contribution in [0.3, 0.4) is 0 Å². The van der Waals surface area contributed by atoms with Crippen molar-refractivity contribution in [2.45, 2.75) is 70.4 Å². The number of rotatable bonds is 14. The number of pyridine rings is 1. The van der Waals surface area contributed by atoms with Crippen LogP contribution in [0.25, 0.3) is 10.9 Å². The predicted octanol–water partition coefficient (Wildman–Crippen LogP) is 8.64. The van der Waals surface area contributed by atoms with E-state index in [-0.39, 0.29) is 42.2 Å². The van der Waals surface area contributed by atoms with Crippen LogP contribution in [0.4, 0.5) is 38.1 Å². The molecule has 0 saturated heterocycles. The average molecular weight is 724 g/mol. The van der Waals surface area contributed by atoms with Crippen molar-refractivity contribution < 1.29 is 39.5 Å². The van der Waals surface area contributed by atoms with Gasteiger partial charge in [-0.05, 0) is 61.6 Å². The average Bonchev–Trinajstić information content (AvgIpc) is 3.58. The Morgan fingerprint density at radius 1 is 0.960 bits per heavy atom. The van der Waals surface area contributed by atoms with Gasteiger partial charge in [-0.3, -0.25) is 0 Å². The Bertz CT molecular complexity index is 1830. The van der Waals surface area contributed by atoms with Gasteiger partial charge in [0, 0.05) is 23.8 Å². The minimum Gasteiger partial charge on any atom is -0.489 e. The standard InChI is InChI=1S/C35H39F6N5O3S/c1-23(26-17-28(34(36,37)38)19-29(18-26)35(39,40)41)46(33-43-20-30(21-44-33)49-14-15-50(2,47)48)22-27-16-25-11-5-6-12-31(25)45-32(27)42-13-7-10-24-8-3-4-9-24/h5-6,11-12,16-21,23-24H,3-4,7-10,13-15,22H2,1-2H3,(H,42,45). The summed E-state index contributed by atoms with van der Waals surface area (Å²) in [5, 5.41) is 4.21. The minimum absolute atomic E-state index is 0.000671. The summed E-state index contributed by atoms with van der Waals surface area (Å²) < 4.78 is 112. The van der Waals surface area contributed by atoms with Crippen LogP contribution >= 0.6 is 0 Å². The van der Waals surface area contributed by atoms with Crippen molar-refractivity contribution in [3.63, 3.8) is 0 Å². The van der Waals surface area contributed by atoms with Crippen LogP contribution in [-0.2, 0) is 28.7 Å². The fourth-order valence-electron chi connectivity index (χ4n) is 6.14. The van der Waals surface area contributed by atoms with E-state index in [4.69, 9.17) is 9.72 Å². The Morgan fingerprint density at radius 2 is 1.60 bits per heavy atom. The van der Waals surface area contributed by atoms with E-state index >= 15 is 0 Å². The molecule has 1 aliphatic rings. The van der Waals surface area contributed by atoms with Gasteiger partial charge in [0.05, 0.1) is 47.4 Å². The number of nitrogens with zero attached hydrogens (tertiary/aromatic N) is 4. The number of halogens is 6. The van der Waals surface area contributed by atoms with E-state index in [0.717, 1.165) is 24.5 Å².